The van der Waals surface area contributed by atoms with Gasteiger partial charge in [-0.25, -0.2) is 0 Å². The van der Waals surface area contributed by atoms with Gasteiger partial charge >= 0.3 is 45.7 Å². The van der Waals surface area contributed by atoms with E-state index in [0.717, 1.165) is 0 Å². The third kappa shape index (κ3) is 4.52. The van der Waals surface area contributed by atoms with Gasteiger partial charge in [0, 0.05) is 41.9 Å². The highest BCUT2D eigenvalue weighted by Crippen LogP contribution is 2.47. The van der Waals surface area contributed by atoms with Crippen LogP contribution in [0.2, 0.25) is 0 Å². The quantitative estimate of drug-likeness (QED) is 0.0948. The highest BCUT2D eigenvalue weighted by atomic mass is 127. The number of pyridine rings is 2. The van der Waals surface area contributed by atoms with E-state index in [1.807, 2.05) is 22.7 Å². The maximum atomic E-state index is 2.51. The number of thiophene rings is 2. The molecule has 2 nitrogen and oxygen atoms in total. The molecule has 9 aromatic rings. The molecule has 45 heavy (non-hydrogen) atoms. The summed E-state index contributed by atoms with van der Waals surface area (Å²) >= 11 is 8.65. The van der Waals surface area contributed by atoms with E-state index in [9.17, 15) is 0 Å². The molecule has 5 aromatic carbocycles. The first-order valence-electron chi connectivity index (χ1n) is 14.7. The Balaban J connectivity index is 1.32. The van der Waals surface area contributed by atoms with Gasteiger partial charge in [0.05, 0.1) is 21.9 Å². The van der Waals surface area contributed by atoms with Gasteiger partial charge in [-0.3, -0.25) is 0 Å². The fourth-order valence-corrected chi connectivity index (χ4v) is 10.4. The maximum Gasteiger partial charge on any atom is 0.354 e. The lowest BCUT2D eigenvalue weighted by atomic mass is 9.92. The van der Waals surface area contributed by atoms with E-state index in [1.165, 1.54) is 90.3 Å². The van der Waals surface area contributed by atoms with E-state index in [-0.39, 0.29) is 0 Å². The van der Waals surface area contributed by atoms with Gasteiger partial charge in [0.1, 0.15) is 0 Å². The monoisotopic (exact) mass is 838 g/mol. The number of aromatic nitrogens is 2. The van der Waals surface area contributed by atoms with Crippen molar-refractivity contribution in [3.05, 3.63) is 132 Å². The van der Waals surface area contributed by atoms with E-state index in [2.05, 4.69) is 186 Å². The number of fused-ring (bicyclic) bond motifs is 4. The summed E-state index contributed by atoms with van der Waals surface area (Å²) < 4.78 is 8.52. The number of benzene rings is 5. The van der Waals surface area contributed by atoms with Crippen molar-refractivity contribution in [3.8, 4) is 21.7 Å². The lowest BCUT2D eigenvalue weighted by molar-refractivity contribution is -0.427. The van der Waals surface area contributed by atoms with Crippen LogP contribution in [0.4, 0.5) is 0 Å². The van der Waals surface area contributed by atoms with Crippen LogP contribution in [0, 0.1) is 6.92 Å². The molecular formula is C39H24I2N2S2+2. The molecular weight excluding hydrogens is 814 g/mol. The number of hydrogen-bond donors (Lipinski definition) is 0. The lowest BCUT2D eigenvalue weighted by Crippen LogP contribution is -2.21. The van der Waals surface area contributed by atoms with Crippen molar-refractivity contribution in [1.82, 2.24) is 0 Å². The zero-order valence-corrected chi connectivity index (χ0v) is 30.0. The van der Waals surface area contributed by atoms with Crippen LogP contribution in [-0.4, -0.2) is 0 Å². The third-order valence-corrected chi connectivity index (χ3v) is 12.5. The molecule has 0 unspecified atom stereocenters. The number of rotatable bonds is 4. The van der Waals surface area contributed by atoms with E-state index in [1.54, 1.807) is 0 Å². The molecule has 0 radical (unpaired) electrons. The Labute approximate surface area is 296 Å². The van der Waals surface area contributed by atoms with E-state index < -0.39 is 0 Å². The molecule has 0 bridgehead atoms. The molecule has 0 atom stereocenters. The van der Waals surface area contributed by atoms with Crippen molar-refractivity contribution in [2.24, 2.45) is 0 Å². The number of halogens is 2. The normalized spacial score (nSPS) is 12.2. The Morgan fingerprint density at radius 1 is 0.622 bits per heavy atom. The SMILES string of the molecule is Cc1cc2sc3ccc(/C=C/c4ccccc4-c4cccc[n+]4I)c4c3c2c(c1)c1cc(-c2cc3ccccc3s2)c[n+](I)c14. The molecule has 0 saturated heterocycles. The first-order valence-corrected chi connectivity index (χ1v) is 18.3. The Hall–Kier alpha value is -3.44. The molecule has 9 rings (SSSR count). The Kier molecular flexibility index (Phi) is 6.70. The van der Waals surface area contributed by atoms with E-state index in [0.29, 0.717) is 0 Å². The van der Waals surface area contributed by atoms with E-state index in [4.69, 9.17) is 0 Å². The molecule has 0 aliphatic heterocycles. The van der Waals surface area contributed by atoms with Gasteiger partial charge in [0.25, 0.3) is 0 Å². The molecule has 214 valence electrons. The average molecular weight is 839 g/mol. The largest absolute Gasteiger partial charge is 0.354 e. The van der Waals surface area contributed by atoms with Crippen LogP contribution in [0.1, 0.15) is 16.7 Å². The van der Waals surface area contributed by atoms with E-state index >= 15 is 0 Å². The van der Waals surface area contributed by atoms with Crippen LogP contribution in [-0.2, 0) is 0 Å². The van der Waals surface area contributed by atoms with Gasteiger partial charge in [-0.1, -0.05) is 60.7 Å². The Morgan fingerprint density at radius 3 is 2.33 bits per heavy atom. The summed E-state index contributed by atoms with van der Waals surface area (Å²) in [7, 11) is 0. The average Bonchev–Trinajstić information content (AvgIpc) is 3.65. The second-order valence-corrected chi connectivity index (χ2v) is 15.7. The fourth-order valence-electron chi connectivity index (χ4n) is 6.70. The minimum Gasteiger partial charge on any atom is -0.136 e. The van der Waals surface area contributed by atoms with Crippen molar-refractivity contribution in [1.29, 1.82) is 0 Å². The lowest BCUT2D eigenvalue weighted by Gasteiger charge is -2.11. The highest BCUT2D eigenvalue weighted by Gasteiger charge is 2.25. The molecule has 0 fully saturated rings. The minimum atomic E-state index is 1.18. The van der Waals surface area contributed by atoms with Gasteiger partial charge in [0.2, 0.25) is 11.2 Å². The van der Waals surface area contributed by atoms with Crippen molar-refractivity contribution < 1.29 is 5.56 Å². The molecule has 4 aromatic heterocycles. The van der Waals surface area contributed by atoms with Crippen LogP contribution in [0.5, 0.6) is 0 Å². The van der Waals surface area contributed by atoms with Gasteiger partial charge in [-0.15, -0.1) is 28.2 Å². The summed E-state index contributed by atoms with van der Waals surface area (Å²) in [6.07, 6.45) is 9.01. The minimum absolute atomic E-state index is 1.18. The van der Waals surface area contributed by atoms with Crippen LogP contribution in [0.3, 0.4) is 0 Å². The molecule has 0 spiro atoms. The van der Waals surface area contributed by atoms with Gasteiger partial charge < -0.3 is 0 Å². The Bertz CT molecular complexity index is 2610. The summed E-state index contributed by atoms with van der Waals surface area (Å²) in [5, 5.41) is 8.03. The van der Waals surface area contributed by atoms with Gasteiger partial charge in [-0.05, 0) is 76.9 Å². The first kappa shape index (κ1) is 27.8. The number of nitrogens with zero attached hydrogens (tertiary/aromatic N) is 2. The third-order valence-electron chi connectivity index (χ3n) is 8.67. The predicted molar refractivity (Wildman–Crippen MR) is 211 cm³/mol. The molecule has 0 N–H and O–H groups in total. The van der Waals surface area contributed by atoms with Gasteiger partial charge in [0.15, 0.2) is 12.4 Å². The van der Waals surface area contributed by atoms with Crippen molar-refractivity contribution in [2.45, 2.75) is 6.92 Å². The molecule has 0 aliphatic rings. The second kappa shape index (κ2) is 10.8. The molecule has 4 heterocycles. The van der Waals surface area contributed by atoms with Crippen LogP contribution < -0.4 is 5.56 Å². The number of aryl methyl sites for hydroxylation is 1. The highest BCUT2D eigenvalue weighted by molar-refractivity contribution is 14.1. The predicted octanol–water partition coefficient (Wildman–Crippen LogP) is 11.8. The zero-order valence-electron chi connectivity index (χ0n) is 24.1. The zero-order chi connectivity index (χ0) is 30.2. The standard InChI is InChI=1S/C39H24I2N2S2/c1-23-18-29-30-20-27(34-21-26-9-3-5-12-32(26)44-34)22-43(41)39(30)36-25(15-16-33-38(36)37(29)35(19-23)45-33)14-13-24-8-2-4-10-28(24)31-11-6-7-17-42(31)40/h2-22H,1H3/q+2/b14-13+. The summed E-state index contributed by atoms with van der Waals surface area (Å²) in [5.41, 5.74) is 8.66. The first-order chi connectivity index (χ1) is 22.0. The fraction of sp³-hybridized carbons (Fsp3) is 0.0256. The summed E-state index contributed by atoms with van der Waals surface area (Å²) in [4.78, 5) is 1.30. The van der Waals surface area contributed by atoms with Crippen molar-refractivity contribution >= 4 is 132 Å². The van der Waals surface area contributed by atoms with Crippen LogP contribution in [0.15, 0.2) is 116 Å². The smallest absolute Gasteiger partial charge is 0.136 e. The number of hydrogen-bond acceptors (Lipinski definition) is 2. The Morgan fingerprint density at radius 2 is 1.44 bits per heavy atom. The molecule has 0 amide bonds. The second-order valence-electron chi connectivity index (χ2n) is 11.5. The topological polar surface area (TPSA) is 7.76 Å². The molecule has 6 heteroatoms. The molecule has 0 aliphatic carbocycles. The molecule has 0 saturated carbocycles. The van der Waals surface area contributed by atoms with Crippen LogP contribution in [0.25, 0.3) is 85.8 Å². The van der Waals surface area contributed by atoms with Crippen LogP contribution >= 0.6 is 68.4 Å². The van der Waals surface area contributed by atoms with Gasteiger partial charge in [-0.2, -0.15) is 0 Å². The van der Waals surface area contributed by atoms with Crippen molar-refractivity contribution in [2.75, 3.05) is 0 Å². The van der Waals surface area contributed by atoms with Crippen molar-refractivity contribution in [3.63, 3.8) is 0 Å². The summed E-state index contributed by atoms with van der Waals surface area (Å²) in [5.74, 6) is 0. The summed E-state index contributed by atoms with van der Waals surface area (Å²) in [6, 6.07) is 37.8. The summed E-state index contributed by atoms with van der Waals surface area (Å²) in [6.45, 7) is 2.22. The maximum absolute atomic E-state index is 2.51.